The molecule has 0 aromatic heterocycles. The Kier molecular flexibility index (Phi) is 7.78. The van der Waals surface area contributed by atoms with Gasteiger partial charge in [0.25, 0.3) is 5.91 Å². The third-order valence-corrected chi connectivity index (χ3v) is 4.96. The lowest BCUT2D eigenvalue weighted by Gasteiger charge is -2.18. The van der Waals surface area contributed by atoms with E-state index in [1.165, 1.54) is 25.1 Å². The summed E-state index contributed by atoms with van der Waals surface area (Å²) in [5.41, 5.74) is 2.84. The van der Waals surface area contributed by atoms with Gasteiger partial charge in [-0.1, -0.05) is 18.2 Å². The van der Waals surface area contributed by atoms with Crippen molar-refractivity contribution in [1.29, 1.82) is 0 Å². The molecule has 0 spiro atoms. The molecule has 8 heteroatoms. The normalized spacial score (nSPS) is 10.2. The van der Waals surface area contributed by atoms with Crippen LogP contribution in [0.2, 0.25) is 0 Å². The van der Waals surface area contributed by atoms with Crippen LogP contribution in [0.15, 0.2) is 40.9 Å². The molecular weight excluding hydrogens is 440 g/mol. The zero-order valence-corrected chi connectivity index (χ0v) is 18.3. The van der Waals surface area contributed by atoms with E-state index in [1.807, 2.05) is 32.0 Å². The fourth-order valence-corrected chi connectivity index (χ4v) is 3.01. The summed E-state index contributed by atoms with van der Waals surface area (Å²) in [7, 11) is 2.96. The van der Waals surface area contributed by atoms with Crippen molar-refractivity contribution >= 4 is 39.4 Å². The zero-order chi connectivity index (χ0) is 21.6. The molecule has 154 valence electrons. The lowest BCUT2D eigenvalue weighted by Crippen LogP contribution is -2.37. The van der Waals surface area contributed by atoms with Crippen LogP contribution < -0.4 is 10.1 Å². The molecule has 0 aliphatic heterocycles. The van der Waals surface area contributed by atoms with Gasteiger partial charge in [-0.15, -0.1) is 0 Å². The summed E-state index contributed by atoms with van der Waals surface area (Å²) in [5.74, 6) is -1.00. The first-order chi connectivity index (χ1) is 13.7. The number of hydrogen-bond acceptors (Lipinski definition) is 5. The van der Waals surface area contributed by atoms with Crippen molar-refractivity contribution in [2.45, 2.75) is 13.8 Å². The molecule has 29 heavy (non-hydrogen) atoms. The first-order valence-corrected chi connectivity index (χ1v) is 9.63. The Bertz CT molecular complexity index is 909. The average molecular weight is 463 g/mol. The summed E-state index contributed by atoms with van der Waals surface area (Å²) in [6.45, 7) is 3.16. The Morgan fingerprint density at radius 1 is 1.10 bits per heavy atom. The summed E-state index contributed by atoms with van der Waals surface area (Å²) in [6, 6.07) is 10.6. The van der Waals surface area contributed by atoms with E-state index in [4.69, 9.17) is 9.47 Å². The lowest BCUT2D eigenvalue weighted by atomic mass is 10.1. The van der Waals surface area contributed by atoms with Crippen LogP contribution in [0.5, 0.6) is 5.75 Å². The maximum atomic E-state index is 12.3. The van der Waals surface area contributed by atoms with Crippen LogP contribution in [-0.4, -0.2) is 50.0 Å². The summed E-state index contributed by atoms with van der Waals surface area (Å²) in [6.07, 6.45) is 0. The number of esters is 1. The molecule has 0 unspecified atom stereocenters. The largest absolute Gasteiger partial charge is 0.497 e. The maximum Gasteiger partial charge on any atom is 0.339 e. The van der Waals surface area contributed by atoms with Crippen molar-refractivity contribution in [2.24, 2.45) is 0 Å². The number of anilines is 1. The molecule has 0 heterocycles. The number of nitrogens with zero attached hydrogens (tertiary/aromatic N) is 1. The number of carbonyl (C=O) groups is 3. The highest BCUT2D eigenvalue weighted by Crippen LogP contribution is 2.23. The molecule has 1 N–H and O–H groups in total. The van der Waals surface area contributed by atoms with Crippen molar-refractivity contribution in [3.8, 4) is 5.75 Å². The van der Waals surface area contributed by atoms with Gasteiger partial charge in [-0.25, -0.2) is 4.79 Å². The van der Waals surface area contributed by atoms with Crippen molar-refractivity contribution in [3.05, 3.63) is 57.6 Å². The van der Waals surface area contributed by atoms with Gasteiger partial charge in [0.2, 0.25) is 5.91 Å². The van der Waals surface area contributed by atoms with Gasteiger partial charge in [0, 0.05) is 17.2 Å². The molecule has 0 saturated heterocycles. The molecule has 2 aromatic carbocycles. The van der Waals surface area contributed by atoms with Crippen LogP contribution in [0, 0.1) is 13.8 Å². The van der Waals surface area contributed by atoms with Gasteiger partial charge in [-0.3, -0.25) is 9.59 Å². The predicted molar refractivity (Wildman–Crippen MR) is 113 cm³/mol. The molecule has 2 rings (SSSR count). The monoisotopic (exact) mass is 462 g/mol. The number of halogens is 1. The number of aryl methyl sites for hydroxylation is 2. The van der Waals surface area contributed by atoms with Gasteiger partial charge >= 0.3 is 5.97 Å². The van der Waals surface area contributed by atoms with Crippen molar-refractivity contribution < 1.29 is 23.9 Å². The van der Waals surface area contributed by atoms with Crippen LogP contribution in [0.3, 0.4) is 0 Å². The SMILES string of the molecule is COc1ccc(Br)c(C(=O)OCC(=O)N(C)CC(=O)Nc2c(C)cccc2C)c1. The minimum atomic E-state index is -0.669. The van der Waals surface area contributed by atoms with E-state index in [0.29, 0.717) is 10.2 Å². The van der Waals surface area contributed by atoms with Crippen LogP contribution in [0.4, 0.5) is 5.69 Å². The lowest BCUT2D eigenvalue weighted by molar-refractivity contribution is -0.136. The molecule has 0 radical (unpaired) electrons. The van der Waals surface area contributed by atoms with E-state index in [2.05, 4.69) is 21.2 Å². The number of benzene rings is 2. The molecule has 0 aliphatic carbocycles. The minimum absolute atomic E-state index is 0.160. The van der Waals surface area contributed by atoms with E-state index >= 15 is 0 Å². The van der Waals surface area contributed by atoms with Crippen molar-refractivity contribution in [2.75, 3.05) is 32.6 Å². The summed E-state index contributed by atoms with van der Waals surface area (Å²) in [4.78, 5) is 38.0. The topological polar surface area (TPSA) is 84.9 Å². The number of nitrogens with one attached hydrogen (secondary N) is 1. The molecule has 0 aliphatic rings. The number of hydrogen-bond donors (Lipinski definition) is 1. The highest BCUT2D eigenvalue weighted by molar-refractivity contribution is 9.10. The number of amides is 2. The second-order valence-corrected chi connectivity index (χ2v) is 7.34. The predicted octanol–water partition coefficient (Wildman–Crippen LogP) is 3.33. The molecule has 7 nitrogen and oxygen atoms in total. The minimum Gasteiger partial charge on any atom is -0.497 e. The number of para-hydroxylation sites is 1. The Morgan fingerprint density at radius 3 is 2.38 bits per heavy atom. The number of likely N-dealkylation sites (N-methyl/N-ethyl adjacent to an activating group) is 1. The first kappa shape index (κ1) is 22.4. The van der Waals surface area contributed by atoms with Crippen molar-refractivity contribution in [1.82, 2.24) is 4.90 Å². The summed E-state index contributed by atoms with van der Waals surface area (Å²) >= 11 is 3.27. The smallest absolute Gasteiger partial charge is 0.339 e. The number of ether oxygens (including phenoxy) is 2. The van der Waals surface area contributed by atoms with Gasteiger partial charge in [0.15, 0.2) is 6.61 Å². The second-order valence-electron chi connectivity index (χ2n) is 6.49. The fourth-order valence-electron chi connectivity index (χ4n) is 2.60. The molecule has 2 aromatic rings. The molecular formula is C21H23BrN2O5. The standard InChI is InChI=1S/C21H23BrN2O5/c1-13-6-5-7-14(2)20(13)23-18(25)11-24(3)19(26)12-29-21(27)16-10-15(28-4)8-9-17(16)22/h5-10H,11-12H2,1-4H3,(H,23,25). The number of rotatable bonds is 7. The highest BCUT2D eigenvalue weighted by atomic mass is 79.9. The number of carbonyl (C=O) groups excluding carboxylic acids is 3. The highest BCUT2D eigenvalue weighted by Gasteiger charge is 2.18. The van der Waals surface area contributed by atoms with Gasteiger partial charge < -0.3 is 19.7 Å². The van der Waals surface area contributed by atoms with Crippen LogP contribution in [0.1, 0.15) is 21.5 Å². The van der Waals surface area contributed by atoms with Crippen LogP contribution >= 0.6 is 15.9 Å². The van der Waals surface area contributed by atoms with Crippen molar-refractivity contribution in [3.63, 3.8) is 0 Å². The van der Waals surface area contributed by atoms with Crippen LogP contribution in [-0.2, 0) is 14.3 Å². The Labute approximate surface area is 178 Å². The van der Waals surface area contributed by atoms with E-state index in [-0.39, 0.29) is 18.0 Å². The van der Waals surface area contributed by atoms with Gasteiger partial charge in [0.1, 0.15) is 5.75 Å². The number of methoxy groups -OCH3 is 1. The molecule has 2 amide bonds. The molecule has 0 bridgehead atoms. The molecule has 0 saturated carbocycles. The molecule has 0 fully saturated rings. The zero-order valence-electron chi connectivity index (χ0n) is 16.7. The van der Waals surface area contributed by atoms with Gasteiger partial charge in [0.05, 0.1) is 19.2 Å². The first-order valence-electron chi connectivity index (χ1n) is 8.83. The Morgan fingerprint density at radius 2 is 1.76 bits per heavy atom. The summed E-state index contributed by atoms with van der Waals surface area (Å²) < 4.78 is 10.7. The second kappa shape index (κ2) is 10.1. The van der Waals surface area contributed by atoms with E-state index < -0.39 is 18.5 Å². The van der Waals surface area contributed by atoms with Gasteiger partial charge in [-0.2, -0.15) is 0 Å². The average Bonchev–Trinajstić information content (AvgIpc) is 2.69. The third kappa shape index (κ3) is 6.05. The molecule has 0 atom stereocenters. The Hall–Kier alpha value is -2.87. The van der Waals surface area contributed by atoms with E-state index in [1.54, 1.807) is 12.1 Å². The maximum absolute atomic E-state index is 12.3. The van der Waals surface area contributed by atoms with Gasteiger partial charge in [-0.05, 0) is 59.1 Å². The van der Waals surface area contributed by atoms with Crippen LogP contribution in [0.25, 0.3) is 0 Å². The third-order valence-electron chi connectivity index (χ3n) is 4.27. The Balaban J connectivity index is 1.90. The fraction of sp³-hybridized carbons (Fsp3) is 0.286. The van der Waals surface area contributed by atoms with E-state index in [0.717, 1.165) is 16.8 Å². The quantitative estimate of drug-likeness (QED) is 0.637. The summed E-state index contributed by atoms with van der Waals surface area (Å²) in [5, 5.41) is 2.81. The van der Waals surface area contributed by atoms with E-state index in [9.17, 15) is 14.4 Å².